The first-order valence-corrected chi connectivity index (χ1v) is 14.5. The van der Waals surface area contributed by atoms with Gasteiger partial charge in [-0.2, -0.15) is 0 Å². The Morgan fingerprint density at radius 1 is 0.833 bits per heavy atom. The van der Waals surface area contributed by atoms with E-state index in [1.165, 1.54) is 0 Å². The van der Waals surface area contributed by atoms with Crippen molar-refractivity contribution in [3.8, 4) is 0 Å². The van der Waals surface area contributed by atoms with Crippen LogP contribution in [0.2, 0.25) is 0 Å². The maximum Gasteiger partial charge on any atom is 0.326 e. The Morgan fingerprint density at radius 2 is 1.45 bits per heavy atom. The van der Waals surface area contributed by atoms with Crippen molar-refractivity contribution >= 4 is 34.6 Å². The summed E-state index contributed by atoms with van der Waals surface area (Å²) in [6.45, 7) is 7.45. The largest absolute Gasteiger partial charge is 0.480 e. The molecule has 3 aromatic rings. The first-order chi connectivity index (χ1) is 20.0. The number of carboxylic acid groups (broad SMARTS) is 1. The Bertz CT molecular complexity index is 1360. The number of carbonyl (C=O) groups is 4. The molecule has 226 valence electrons. The number of carboxylic acids is 1. The molecule has 3 amide bonds. The third-order valence-corrected chi connectivity index (χ3v) is 7.48. The zero-order valence-electron chi connectivity index (χ0n) is 24.7. The Balaban J connectivity index is 1.76. The molecule has 3 rings (SSSR count). The third kappa shape index (κ3) is 8.91. The molecule has 10 heteroatoms. The van der Waals surface area contributed by atoms with Crippen LogP contribution in [-0.4, -0.2) is 57.9 Å². The first-order valence-electron chi connectivity index (χ1n) is 14.5. The van der Waals surface area contributed by atoms with Gasteiger partial charge in [0.25, 0.3) is 0 Å². The van der Waals surface area contributed by atoms with Gasteiger partial charge in [-0.1, -0.05) is 82.6 Å². The van der Waals surface area contributed by atoms with Crippen molar-refractivity contribution in [3.05, 3.63) is 71.9 Å². The summed E-state index contributed by atoms with van der Waals surface area (Å²) >= 11 is 0. The minimum absolute atomic E-state index is 0.0501. The summed E-state index contributed by atoms with van der Waals surface area (Å²) < 4.78 is 0. The third-order valence-electron chi connectivity index (χ3n) is 7.48. The number of H-pyrrole nitrogens is 1. The highest BCUT2D eigenvalue weighted by atomic mass is 16.4. The number of nitrogens with one attached hydrogen (secondary N) is 4. The second-order valence-corrected chi connectivity index (χ2v) is 11.3. The lowest BCUT2D eigenvalue weighted by molar-refractivity contribution is -0.143. The average Bonchev–Trinajstić information content (AvgIpc) is 3.37. The Hall–Kier alpha value is -4.18. The number of para-hydroxylation sites is 1. The van der Waals surface area contributed by atoms with Gasteiger partial charge in [0, 0.05) is 23.5 Å². The van der Waals surface area contributed by atoms with Crippen LogP contribution in [-0.2, 0) is 32.0 Å². The van der Waals surface area contributed by atoms with E-state index in [2.05, 4.69) is 20.9 Å². The highest BCUT2D eigenvalue weighted by Gasteiger charge is 2.32. The molecule has 5 unspecified atom stereocenters. The highest BCUT2D eigenvalue weighted by molar-refractivity contribution is 5.94. The quantitative estimate of drug-likeness (QED) is 0.162. The van der Waals surface area contributed by atoms with Gasteiger partial charge in [0.2, 0.25) is 17.7 Å². The van der Waals surface area contributed by atoms with E-state index >= 15 is 0 Å². The Kier molecular flexibility index (Phi) is 11.7. The molecule has 0 saturated carbocycles. The molecule has 0 aliphatic carbocycles. The molecule has 7 N–H and O–H groups in total. The van der Waals surface area contributed by atoms with Gasteiger partial charge in [0.05, 0.1) is 6.04 Å². The van der Waals surface area contributed by atoms with E-state index in [0.29, 0.717) is 12.8 Å². The smallest absolute Gasteiger partial charge is 0.326 e. The molecule has 5 atom stereocenters. The predicted octanol–water partition coefficient (Wildman–Crippen LogP) is 2.91. The molecule has 1 heterocycles. The molecule has 0 fully saturated rings. The maximum atomic E-state index is 13.6. The van der Waals surface area contributed by atoms with Crippen LogP contribution in [0, 0.1) is 11.8 Å². The molecule has 0 aliphatic rings. The van der Waals surface area contributed by atoms with E-state index < -0.39 is 47.9 Å². The van der Waals surface area contributed by atoms with Crippen LogP contribution in [0.1, 0.15) is 51.7 Å². The van der Waals surface area contributed by atoms with Crippen molar-refractivity contribution in [2.45, 2.75) is 77.5 Å². The number of nitrogens with two attached hydrogens (primary N) is 1. The van der Waals surface area contributed by atoms with Crippen molar-refractivity contribution in [1.29, 1.82) is 0 Å². The van der Waals surface area contributed by atoms with Crippen LogP contribution < -0.4 is 21.7 Å². The van der Waals surface area contributed by atoms with Crippen molar-refractivity contribution in [2.75, 3.05) is 0 Å². The van der Waals surface area contributed by atoms with Crippen molar-refractivity contribution < 1.29 is 24.3 Å². The molecule has 1 aromatic heterocycles. The average molecular weight is 578 g/mol. The first kappa shape index (κ1) is 32.3. The number of rotatable bonds is 15. The number of fused-ring (bicyclic) bond motifs is 1. The molecular weight excluding hydrogens is 534 g/mol. The topological polar surface area (TPSA) is 166 Å². The summed E-state index contributed by atoms with van der Waals surface area (Å²) in [5.41, 5.74) is 8.91. The van der Waals surface area contributed by atoms with Crippen molar-refractivity contribution in [1.82, 2.24) is 20.9 Å². The van der Waals surface area contributed by atoms with E-state index in [4.69, 9.17) is 5.73 Å². The summed E-state index contributed by atoms with van der Waals surface area (Å²) in [7, 11) is 0. The SMILES string of the molecule is CCC(C)C(NC(=O)C(Cc1ccccc1)NC(=O)C(CC(C)C)NC(=O)C(N)Cc1c[nH]c2ccccc12)C(=O)O. The Labute approximate surface area is 246 Å². The van der Waals surface area contributed by atoms with E-state index in [0.717, 1.165) is 22.0 Å². The van der Waals surface area contributed by atoms with Crippen LogP contribution in [0.25, 0.3) is 10.9 Å². The lowest BCUT2D eigenvalue weighted by atomic mass is 9.97. The van der Waals surface area contributed by atoms with E-state index in [9.17, 15) is 24.3 Å². The summed E-state index contributed by atoms with van der Waals surface area (Å²) in [6.07, 6.45) is 3.12. The van der Waals surface area contributed by atoms with Crippen molar-refractivity contribution in [2.24, 2.45) is 17.6 Å². The van der Waals surface area contributed by atoms with E-state index in [1.54, 1.807) is 6.92 Å². The standard InChI is InChI=1S/C32H43N5O5/c1-5-20(4)28(32(41)42)37-31(40)27(16-21-11-7-6-8-12-21)36-30(39)26(15-19(2)3)35-29(38)24(33)17-22-18-34-25-14-10-9-13-23(22)25/h6-14,18-20,24,26-28,34H,5,15-17,33H2,1-4H3,(H,35,38)(H,36,39)(H,37,40)(H,41,42). The minimum Gasteiger partial charge on any atom is -0.480 e. The van der Waals surface area contributed by atoms with Crippen LogP contribution >= 0.6 is 0 Å². The van der Waals surface area contributed by atoms with Crippen LogP contribution in [0.4, 0.5) is 0 Å². The molecule has 0 spiro atoms. The van der Waals surface area contributed by atoms with Crippen LogP contribution in [0.15, 0.2) is 60.8 Å². The van der Waals surface area contributed by atoms with Crippen LogP contribution in [0.3, 0.4) is 0 Å². The maximum absolute atomic E-state index is 13.6. The highest BCUT2D eigenvalue weighted by Crippen LogP contribution is 2.19. The number of hydrogen-bond acceptors (Lipinski definition) is 5. The zero-order chi connectivity index (χ0) is 30.8. The predicted molar refractivity (Wildman–Crippen MR) is 162 cm³/mol. The lowest BCUT2D eigenvalue weighted by Gasteiger charge is -2.27. The number of aromatic nitrogens is 1. The molecule has 0 bridgehead atoms. The molecule has 0 radical (unpaired) electrons. The van der Waals surface area contributed by atoms with Crippen LogP contribution in [0.5, 0.6) is 0 Å². The molecule has 0 saturated heterocycles. The fourth-order valence-electron chi connectivity index (χ4n) is 4.88. The number of amides is 3. The summed E-state index contributed by atoms with van der Waals surface area (Å²) in [6, 6.07) is 12.9. The second kappa shape index (κ2) is 15.2. The number of benzene rings is 2. The zero-order valence-corrected chi connectivity index (χ0v) is 24.7. The molecule has 10 nitrogen and oxygen atoms in total. The van der Waals surface area contributed by atoms with E-state index in [1.807, 2.05) is 81.6 Å². The van der Waals surface area contributed by atoms with E-state index in [-0.39, 0.29) is 24.7 Å². The molecule has 42 heavy (non-hydrogen) atoms. The van der Waals surface area contributed by atoms with Crippen molar-refractivity contribution in [3.63, 3.8) is 0 Å². The minimum atomic E-state index is -1.14. The van der Waals surface area contributed by atoms with Gasteiger partial charge in [0.15, 0.2) is 0 Å². The molecular formula is C32H43N5O5. The monoisotopic (exact) mass is 577 g/mol. The summed E-state index contributed by atoms with van der Waals surface area (Å²) in [5.74, 6) is -3.03. The fraction of sp³-hybridized carbons (Fsp3) is 0.438. The number of aliphatic carboxylic acids is 1. The van der Waals surface area contributed by atoms with Gasteiger partial charge < -0.3 is 31.8 Å². The number of hydrogen-bond donors (Lipinski definition) is 6. The lowest BCUT2D eigenvalue weighted by Crippen LogP contribution is -2.58. The van der Waals surface area contributed by atoms with Gasteiger partial charge in [-0.15, -0.1) is 0 Å². The normalized spacial score (nSPS) is 14.9. The summed E-state index contributed by atoms with van der Waals surface area (Å²) in [4.78, 5) is 55.2. The number of aromatic amines is 1. The molecule has 0 aliphatic heterocycles. The van der Waals surface area contributed by atoms with Gasteiger partial charge in [-0.25, -0.2) is 4.79 Å². The van der Waals surface area contributed by atoms with Gasteiger partial charge in [-0.3, -0.25) is 14.4 Å². The molecule has 2 aromatic carbocycles. The van der Waals surface area contributed by atoms with Gasteiger partial charge >= 0.3 is 5.97 Å². The number of carbonyl (C=O) groups excluding carboxylic acids is 3. The van der Waals surface area contributed by atoms with Gasteiger partial charge in [0.1, 0.15) is 18.1 Å². The Morgan fingerprint density at radius 3 is 2.10 bits per heavy atom. The van der Waals surface area contributed by atoms with Gasteiger partial charge in [-0.05, 0) is 41.9 Å². The summed E-state index contributed by atoms with van der Waals surface area (Å²) in [5, 5.41) is 18.9. The second-order valence-electron chi connectivity index (χ2n) is 11.3. The fourth-order valence-corrected chi connectivity index (χ4v) is 4.88.